The fraction of sp³-hybridized carbons (Fsp3) is 0.909. The van der Waals surface area contributed by atoms with Gasteiger partial charge in [-0.3, -0.25) is 4.79 Å². The van der Waals surface area contributed by atoms with Crippen LogP contribution in [0, 0.1) is 5.41 Å². The molecule has 1 amide bonds. The minimum atomic E-state index is -0.474. The maximum atomic E-state index is 11.6. The number of amides is 1. The summed E-state index contributed by atoms with van der Waals surface area (Å²) in [5, 5.41) is 5.91. The van der Waals surface area contributed by atoms with Gasteiger partial charge in [-0.25, -0.2) is 0 Å². The largest absolute Gasteiger partial charge is 0.354 e. The van der Waals surface area contributed by atoms with Crippen LogP contribution in [0.1, 0.15) is 41.0 Å². The SMILES string of the molecule is CNC(C)(C)C(=O)NCCC(C)(C)C. The molecule has 0 aromatic carbocycles. The average Bonchev–Trinajstić information content (AvgIpc) is 2.02. The van der Waals surface area contributed by atoms with E-state index in [1.54, 1.807) is 7.05 Å². The van der Waals surface area contributed by atoms with E-state index in [-0.39, 0.29) is 11.3 Å². The van der Waals surface area contributed by atoms with E-state index in [1.807, 2.05) is 13.8 Å². The minimum Gasteiger partial charge on any atom is -0.354 e. The highest BCUT2D eigenvalue weighted by Gasteiger charge is 2.24. The summed E-state index contributed by atoms with van der Waals surface area (Å²) in [6.07, 6.45) is 0.999. The second-order valence-corrected chi connectivity index (χ2v) is 5.44. The fourth-order valence-electron chi connectivity index (χ4n) is 0.886. The Morgan fingerprint density at radius 3 is 2.00 bits per heavy atom. The molecule has 3 nitrogen and oxygen atoms in total. The molecular weight excluding hydrogens is 176 g/mol. The summed E-state index contributed by atoms with van der Waals surface area (Å²) in [5.41, 5.74) is -0.199. The molecule has 0 fully saturated rings. The number of likely N-dealkylation sites (N-methyl/N-ethyl adjacent to an activating group) is 1. The number of nitrogens with one attached hydrogen (secondary N) is 2. The normalized spacial score (nSPS) is 12.7. The lowest BCUT2D eigenvalue weighted by atomic mass is 9.92. The third-order valence-electron chi connectivity index (χ3n) is 2.35. The zero-order chi connectivity index (χ0) is 11.4. The summed E-state index contributed by atoms with van der Waals surface area (Å²) in [6, 6.07) is 0. The van der Waals surface area contributed by atoms with Crippen LogP contribution in [0.25, 0.3) is 0 Å². The van der Waals surface area contributed by atoms with Gasteiger partial charge in [-0.1, -0.05) is 20.8 Å². The molecule has 0 rings (SSSR count). The highest BCUT2D eigenvalue weighted by atomic mass is 16.2. The first-order valence-electron chi connectivity index (χ1n) is 5.16. The minimum absolute atomic E-state index is 0.0595. The molecule has 84 valence electrons. The van der Waals surface area contributed by atoms with Gasteiger partial charge in [-0.05, 0) is 32.7 Å². The van der Waals surface area contributed by atoms with Crippen LogP contribution in [-0.2, 0) is 4.79 Å². The molecule has 0 saturated heterocycles. The van der Waals surface area contributed by atoms with Crippen LogP contribution in [0.2, 0.25) is 0 Å². The topological polar surface area (TPSA) is 41.1 Å². The number of hydrogen-bond donors (Lipinski definition) is 2. The predicted octanol–water partition coefficient (Wildman–Crippen LogP) is 1.54. The van der Waals surface area contributed by atoms with Crippen molar-refractivity contribution >= 4 is 5.91 Å². The van der Waals surface area contributed by atoms with Crippen LogP contribution in [-0.4, -0.2) is 25.0 Å². The van der Waals surface area contributed by atoms with Gasteiger partial charge in [0.05, 0.1) is 5.54 Å². The number of rotatable bonds is 4. The molecular formula is C11H24N2O. The lowest BCUT2D eigenvalue weighted by molar-refractivity contribution is -0.126. The summed E-state index contributed by atoms with van der Waals surface area (Å²) in [5.74, 6) is 0.0595. The Labute approximate surface area is 87.6 Å². The zero-order valence-electron chi connectivity index (χ0n) is 10.3. The molecule has 0 aliphatic carbocycles. The molecule has 14 heavy (non-hydrogen) atoms. The second kappa shape index (κ2) is 4.78. The lowest BCUT2D eigenvalue weighted by Crippen LogP contribution is -2.51. The van der Waals surface area contributed by atoms with Crippen molar-refractivity contribution in [2.75, 3.05) is 13.6 Å². The molecule has 0 radical (unpaired) electrons. The average molecular weight is 200 g/mol. The number of hydrogen-bond acceptors (Lipinski definition) is 2. The molecule has 0 unspecified atom stereocenters. The summed E-state index contributed by atoms with van der Waals surface area (Å²) in [6.45, 7) is 11.0. The van der Waals surface area contributed by atoms with Gasteiger partial charge < -0.3 is 10.6 Å². The van der Waals surface area contributed by atoms with Gasteiger partial charge in [-0.2, -0.15) is 0 Å². The van der Waals surface area contributed by atoms with E-state index in [0.29, 0.717) is 0 Å². The maximum absolute atomic E-state index is 11.6. The van der Waals surface area contributed by atoms with E-state index in [1.165, 1.54) is 0 Å². The monoisotopic (exact) mass is 200 g/mol. The third-order valence-corrected chi connectivity index (χ3v) is 2.35. The Balaban J connectivity index is 3.87. The first kappa shape index (κ1) is 13.4. The summed E-state index contributed by atoms with van der Waals surface area (Å²) in [4.78, 5) is 11.6. The maximum Gasteiger partial charge on any atom is 0.239 e. The molecule has 0 bridgehead atoms. The molecule has 0 saturated carbocycles. The van der Waals surface area contributed by atoms with Crippen LogP contribution >= 0.6 is 0 Å². The molecule has 2 N–H and O–H groups in total. The quantitative estimate of drug-likeness (QED) is 0.722. The van der Waals surface area contributed by atoms with Crippen molar-refractivity contribution in [2.24, 2.45) is 5.41 Å². The van der Waals surface area contributed by atoms with Gasteiger partial charge in [0.15, 0.2) is 0 Å². The van der Waals surface area contributed by atoms with E-state index in [9.17, 15) is 4.79 Å². The second-order valence-electron chi connectivity index (χ2n) is 5.44. The van der Waals surface area contributed by atoms with Crippen LogP contribution in [0.5, 0.6) is 0 Å². The highest BCUT2D eigenvalue weighted by Crippen LogP contribution is 2.17. The molecule has 0 spiro atoms. The van der Waals surface area contributed by atoms with Crippen LogP contribution < -0.4 is 10.6 Å². The molecule has 0 heterocycles. The number of carbonyl (C=O) groups excluding carboxylic acids is 1. The lowest BCUT2D eigenvalue weighted by Gasteiger charge is -2.24. The highest BCUT2D eigenvalue weighted by molar-refractivity contribution is 5.85. The van der Waals surface area contributed by atoms with E-state index in [4.69, 9.17) is 0 Å². The van der Waals surface area contributed by atoms with Gasteiger partial charge in [0.1, 0.15) is 0 Å². The standard InChI is InChI=1S/C11H24N2O/c1-10(2,3)7-8-13-9(14)11(4,5)12-6/h12H,7-8H2,1-6H3,(H,13,14). The van der Waals surface area contributed by atoms with Crippen molar-refractivity contribution in [1.29, 1.82) is 0 Å². The zero-order valence-corrected chi connectivity index (χ0v) is 10.3. The van der Waals surface area contributed by atoms with Crippen molar-refractivity contribution in [3.05, 3.63) is 0 Å². The number of carbonyl (C=O) groups is 1. The van der Waals surface area contributed by atoms with Gasteiger partial charge in [-0.15, -0.1) is 0 Å². The Kier molecular flexibility index (Phi) is 4.59. The Morgan fingerprint density at radius 1 is 1.14 bits per heavy atom. The van der Waals surface area contributed by atoms with Crippen molar-refractivity contribution in [1.82, 2.24) is 10.6 Å². The van der Waals surface area contributed by atoms with Crippen molar-refractivity contribution in [2.45, 2.75) is 46.6 Å². The molecule has 0 aromatic heterocycles. The van der Waals surface area contributed by atoms with Crippen LogP contribution in [0.3, 0.4) is 0 Å². The van der Waals surface area contributed by atoms with Crippen molar-refractivity contribution in [3.63, 3.8) is 0 Å². The van der Waals surface area contributed by atoms with Gasteiger partial charge in [0.2, 0.25) is 5.91 Å². The Bertz CT molecular complexity index is 192. The van der Waals surface area contributed by atoms with E-state index < -0.39 is 5.54 Å². The van der Waals surface area contributed by atoms with E-state index in [2.05, 4.69) is 31.4 Å². The summed E-state index contributed by atoms with van der Waals surface area (Å²) >= 11 is 0. The Morgan fingerprint density at radius 2 is 1.64 bits per heavy atom. The first-order chi connectivity index (χ1) is 6.19. The van der Waals surface area contributed by atoms with Crippen molar-refractivity contribution in [3.8, 4) is 0 Å². The molecule has 0 aliphatic rings. The van der Waals surface area contributed by atoms with Crippen LogP contribution in [0.4, 0.5) is 0 Å². The molecule has 0 aliphatic heterocycles. The van der Waals surface area contributed by atoms with Gasteiger partial charge in [0.25, 0.3) is 0 Å². The Hall–Kier alpha value is -0.570. The molecule has 3 heteroatoms. The van der Waals surface area contributed by atoms with E-state index >= 15 is 0 Å². The van der Waals surface area contributed by atoms with Crippen molar-refractivity contribution < 1.29 is 4.79 Å². The first-order valence-corrected chi connectivity index (χ1v) is 5.16. The predicted molar refractivity (Wildman–Crippen MR) is 60.2 cm³/mol. The third kappa shape index (κ3) is 5.22. The molecule has 0 atom stereocenters. The summed E-state index contributed by atoms with van der Waals surface area (Å²) < 4.78 is 0. The van der Waals surface area contributed by atoms with Gasteiger partial charge in [0, 0.05) is 6.54 Å². The molecule has 0 aromatic rings. The van der Waals surface area contributed by atoms with Gasteiger partial charge >= 0.3 is 0 Å². The van der Waals surface area contributed by atoms with E-state index in [0.717, 1.165) is 13.0 Å². The summed E-state index contributed by atoms with van der Waals surface area (Å²) in [7, 11) is 1.79. The smallest absolute Gasteiger partial charge is 0.239 e. The van der Waals surface area contributed by atoms with Crippen LogP contribution in [0.15, 0.2) is 0 Å². The fourth-order valence-corrected chi connectivity index (χ4v) is 0.886.